The van der Waals surface area contributed by atoms with Gasteiger partial charge < -0.3 is 15.7 Å². The van der Waals surface area contributed by atoms with E-state index in [4.69, 9.17) is 5.73 Å². The monoisotopic (exact) mass is 253 g/mol. The molecule has 0 aliphatic carbocycles. The summed E-state index contributed by atoms with van der Waals surface area (Å²) in [6.07, 6.45) is 1.21. The van der Waals surface area contributed by atoms with Crippen LogP contribution in [0.2, 0.25) is 0 Å². The van der Waals surface area contributed by atoms with Gasteiger partial charge in [0.1, 0.15) is 0 Å². The van der Waals surface area contributed by atoms with Crippen LogP contribution in [0.3, 0.4) is 0 Å². The van der Waals surface area contributed by atoms with Gasteiger partial charge in [0.2, 0.25) is 11.8 Å². The number of aromatic amines is 1. The zero-order valence-corrected chi connectivity index (χ0v) is 10.0. The Hall–Kier alpha value is -2.12. The van der Waals surface area contributed by atoms with Crippen LogP contribution in [0.5, 0.6) is 0 Å². The number of carbonyl (C=O) groups is 2. The number of rotatable bonds is 2. The number of carboxylic acid groups (broad SMARTS) is 1. The second kappa shape index (κ2) is 4.28. The van der Waals surface area contributed by atoms with E-state index in [0.29, 0.717) is 19.4 Å². The summed E-state index contributed by atoms with van der Waals surface area (Å²) in [7, 11) is 0. The maximum atomic E-state index is 12.1. The highest BCUT2D eigenvalue weighted by atomic mass is 16.4. The Labute approximate surface area is 103 Å². The lowest BCUT2D eigenvalue weighted by Gasteiger charge is -2.36. The molecular weight excluding hydrogens is 238 g/mol. The first-order valence-corrected chi connectivity index (χ1v) is 5.63. The summed E-state index contributed by atoms with van der Waals surface area (Å²) in [4.78, 5) is 28.5. The van der Waals surface area contributed by atoms with Crippen molar-refractivity contribution in [1.82, 2.24) is 20.1 Å². The average Bonchev–Trinajstić information content (AvgIpc) is 2.75. The molecule has 1 fully saturated rings. The molecule has 1 aliphatic rings. The third-order valence-corrected chi connectivity index (χ3v) is 3.21. The number of carboxylic acids is 1. The Balaban J connectivity index is 2.14. The number of nitrogen functional groups attached to an aromatic ring is 1. The Kier molecular flexibility index (Phi) is 2.93. The number of carbonyl (C=O) groups excluding carboxylic acids is 1. The predicted molar refractivity (Wildman–Crippen MR) is 61.7 cm³/mol. The van der Waals surface area contributed by atoms with Gasteiger partial charge in [-0.05, 0) is 19.8 Å². The van der Waals surface area contributed by atoms with Crippen molar-refractivity contribution in [2.24, 2.45) is 5.41 Å². The molecule has 0 saturated carbocycles. The van der Waals surface area contributed by atoms with E-state index in [2.05, 4.69) is 15.2 Å². The standard InChI is InChI=1S/C10H15N5O3/c1-10(8(17)18)3-2-4-15(5-10)7(16)6-12-9(11)14-13-6/h2-5H2,1H3,(H,17,18)(H3,11,12,13,14). The molecule has 0 spiro atoms. The van der Waals surface area contributed by atoms with Crippen LogP contribution in [0.4, 0.5) is 5.95 Å². The summed E-state index contributed by atoms with van der Waals surface area (Å²) in [5.41, 5.74) is 4.43. The quantitative estimate of drug-likeness (QED) is 0.665. The number of amides is 1. The van der Waals surface area contributed by atoms with Crippen molar-refractivity contribution in [2.45, 2.75) is 19.8 Å². The maximum Gasteiger partial charge on any atom is 0.311 e. The van der Waals surface area contributed by atoms with Gasteiger partial charge in [0.05, 0.1) is 5.41 Å². The number of anilines is 1. The SMILES string of the molecule is CC1(C(=O)O)CCCN(C(=O)c2nc(N)n[nH]2)C1. The zero-order chi connectivity index (χ0) is 13.3. The highest BCUT2D eigenvalue weighted by molar-refractivity contribution is 5.91. The Morgan fingerprint density at radius 3 is 2.83 bits per heavy atom. The highest BCUT2D eigenvalue weighted by Gasteiger charge is 2.40. The van der Waals surface area contributed by atoms with Gasteiger partial charge in [-0.3, -0.25) is 14.7 Å². The van der Waals surface area contributed by atoms with E-state index >= 15 is 0 Å². The molecular formula is C10H15N5O3. The van der Waals surface area contributed by atoms with Crippen molar-refractivity contribution >= 4 is 17.8 Å². The summed E-state index contributed by atoms with van der Waals surface area (Å²) >= 11 is 0. The lowest BCUT2D eigenvalue weighted by Crippen LogP contribution is -2.48. The third kappa shape index (κ3) is 2.13. The Morgan fingerprint density at radius 1 is 1.56 bits per heavy atom. The molecule has 1 amide bonds. The molecule has 0 radical (unpaired) electrons. The molecule has 1 aromatic heterocycles. The minimum Gasteiger partial charge on any atom is -0.481 e. The van der Waals surface area contributed by atoms with E-state index in [-0.39, 0.29) is 24.2 Å². The molecule has 1 aromatic rings. The molecule has 0 aromatic carbocycles. The number of nitrogens with one attached hydrogen (secondary N) is 1. The van der Waals surface area contributed by atoms with Gasteiger partial charge in [-0.15, -0.1) is 5.10 Å². The number of hydrogen-bond acceptors (Lipinski definition) is 5. The first kappa shape index (κ1) is 12.3. The second-order valence-electron chi connectivity index (χ2n) is 4.74. The molecule has 4 N–H and O–H groups in total. The Bertz CT molecular complexity index is 486. The van der Waals surface area contributed by atoms with Gasteiger partial charge in [0.15, 0.2) is 0 Å². The molecule has 1 unspecified atom stereocenters. The minimum atomic E-state index is -0.903. The summed E-state index contributed by atoms with van der Waals surface area (Å²) in [5.74, 6) is -1.22. The van der Waals surface area contributed by atoms with Crippen LogP contribution in [-0.2, 0) is 4.79 Å². The van der Waals surface area contributed by atoms with Crippen molar-refractivity contribution in [2.75, 3.05) is 18.8 Å². The molecule has 1 saturated heterocycles. The second-order valence-corrected chi connectivity index (χ2v) is 4.74. The van der Waals surface area contributed by atoms with E-state index in [0.717, 1.165) is 0 Å². The molecule has 8 nitrogen and oxygen atoms in total. The average molecular weight is 253 g/mol. The van der Waals surface area contributed by atoms with Crippen LogP contribution in [0.15, 0.2) is 0 Å². The van der Waals surface area contributed by atoms with Crippen LogP contribution in [-0.4, -0.2) is 50.2 Å². The van der Waals surface area contributed by atoms with Crippen LogP contribution >= 0.6 is 0 Å². The van der Waals surface area contributed by atoms with E-state index in [1.54, 1.807) is 6.92 Å². The number of piperidine rings is 1. The van der Waals surface area contributed by atoms with Crippen LogP contribution < -0.4 is 5.73 Å². The van der Waals surface area contributed by atoms with Crippen LogP contribution in [0.25, 0.3) is 0 Å². The molecule has 0 bridgehead atoms. The summed E-state index contributed by atoms with van der Waals surface area (Å²) in [6.45, 7) is 2.33. The summed E-state index contributed by atoms with van der Waals surface area (Å²) < 4.78 is 0. The minimum absolute atomic E-state index is 0.00337. The lowest BCUT2D eigenvalue weighted by atomic mass is 9.82. The maximum absolute atomic E-state index is 12.1. The summed E-state index contributed by atoms with van der Waals surface area (Å²) in [6, 6.07) is 0. The number of hydrogen-bond donors (Lipinski definition) is 3. The molecule has 8 heteroatoms. The largest absolute Gasteiger partial charge is 0.481 e. The first-order valence-electron chi connectivity index (χ1n) is 5.63. The van der Waals surface area contributed by atoms with Gasteiger partial charge >= 0.3 is 5.97 Å². The number of H-pyrrole nitrogens is 1. The fraction of sp³-hybridized carbons (Fsp3) is 0.600. The smallest absolute Gasteiger partial charge is 0.311 e. The topological polar surface area (TPSA) is 125 Å². The molecule has 2 rings (SSSR count). The number of likely N-dealkylation sites (tertiary alicyclic amines) is 1. The van der Waals surface area contributed by atoms with E-state index < -0.39 is 11.4 Å². The normalized spacial score (nSPS) is 23.9. The van der Waals surface area contributed by atoms with Gasteiger partial charge in [0.25, 0.3) is 5.91 Å². The van der Waals surface area contributed by atoms with Crippen molar-refractivity contribution in [3.8, 4) is 0 Å². The van der Waals surface area contributed by atoms with Crippen molar-refractivity contribution in [1.29, 1.82) is 0 Å². The van der Waals surface area contributed by atoms with Gasteiger partial charge in [-0.1, -0.05) is 0 Å². The molecule has 1 atom stereocenters. The molecule has 2 heterocycles. The van der Waals surface area contributed by atoms with E-state index in [9.17, 15) is 14.7 Å². The molecule has 18 heavy (non-hydrogen) atoms. The fourth-order valence-corrected chi connectivity index (χ4v) is 2.11. The zero-order valence-electron chi connectivity index (χ0n) is 10.0. The number of aliphatic carboxylic acids is 1. The highest BCUT2D eigenvalue weighted by Crippen LogP contribution is 2.30. The van der Waals surface area contributed by atoms with Crippen LogP contribution in [0, 0.1) is 5.41 Å². The van der Waals surface area contributed by atoms with E-state index in [1.807, 2.05) is 0 Å². The fourth-order valence-electron chi connectivity index (χ4n) is 2.11. The third-order valence-electron chi connectivity index (χ3n) is 3.21. The lowest BCUT2D eigenvalue weighted by molar-refractivity contribution is -0.150. The van der Waals surface area contributed by atoms with Crippen LogP contribution in [0.1, 0.15) is 30.4 Å². The number of aromatic nitrogens is 3. The number of nitrogens with two attached hydrogens (primary N) is 1. The molecule has 1 aliphatic heterocycles. The summed E-state index contributed by atoms with van der Waals surface area (Å²) in [5, 5.41) is 15.2. The number of nitrogens with zero attached hydrogens (tertiary/aromatic N) is 3. The first-order chi connectivity index (χ1) is 8.42. The predicted octanol–water partition coefficient (Wildman–Crippen LogP) is -0.286. The van der Waals surface area contributed by atoms with Gasteiger partial charge in [-0.25, -0.2) is 0 Å². The van der Waals surface area contributed by atoms with Gasteiger partial charge in [-0.2, -0.15) is 4.98 Å². The van der Waals surface area contributed by atoms with Gasteiger partial charge in [0, 0.05) is 13.1 Å². The van der Waals surface area contributed by atoms with E-state index in [1.165, 1.54) is 4.90 Å². The molecule has 98 valence electrons. The van der Waals surface area contributed by atoms with Crippen molar-refractivity contribution in [3.63, 3.8) is 0 Å². The Morgan fingerprint density at radius 2 is 2.28 bits per heavy atom. The van der Waals surface area contributed by atoms with Crippen molar-refractivity contribution in [3.05, 3.63) is 5.82 Å². The van der Waals surface area contributed by atoms with Crippen molar-refractivity contribution < 1.29 is 14.7 Å².